The van der Waals surface area contributed by atoms with Crippen LogP contribution in [0, 0.1) is 0 Å². The number of unbranched alkanes of at least 4 members (excludes halogenated alkanes) is 15. The van der Waals surface area contributed by atoms with Crippen molar-refractivity contribution in [1.29, 1.82) is 0 Å². The minimum atomic E-state index is -0.405. The second-order valence-corrected chi connectivity index (χ2v) is 12.1. The highest BCUT2D eigenvalue weighted by atomic mass is 16.6. The number of fused-ring (bicyclic) bond motifs is 1. The minimum absolute atomic E-state index is 0.147. The van der Waals surface area contributed by atoms with Crippen LogP contribution in [0.1, 0.15) is 152 Å². The van der Waals surface area contributed by atoms with Crippen molar-refractivity contribution < 1.29 is 23.8 Å². The Kier molecular flexibility index (Phi) is 16.9. The summed E-state index contributed by atoms with van der Waals surface area (Å²) < 4.78 is 16.7. The molecule has 1 atom stereocenters. The molecule has 1 aliphatic heterocycles. The number of rotatable bonds is 24. The monoisotopic (exact) mass is 592 g/mol. The number of carbonyl (C=O) groups excluding carboxylic acids is 2. The molecule has 0 saturated carbocycles. The van der Waals surface area contributed by atoms with Gasteiger partial charge in [0.25, 0.3) is 0 Å². The third-order valence-corrected chi connectivity index (χ3v) is 8.50. The zero-order valence-electron chi connectivity index (χ0n) is 27.0. The Bertz CT molecular complexity index is 1060. The van der Waals surface area contributed by atoms with Crippen LogP contribution in [0.3, 0.4) is 0 Å². The predicted octanol–water partition coefficient (Wildman–Crippen LogP) is 10.3. The van der Waals surface area contributed by atoms with Crippen molar-refractivity contribution in [3.63, 3.8) is 0 Å². The third kappa shape index (κ3) is 12.7. The van der Waals surface area contributed by atoms with Crippen molar-refractivity contribution in [2.45, 2.75) is 142 Å². The summed E-state index contributed by atoms with van der Waals surface area (Å²) in [5, 5.41) is 0. The molecule has 43 heavy (non-hydrogen) atoms. The van der Waals surface area contributed by atoms with E-state index >= 15 is 0 Å². The van der Waals surface area contributed by atoms with E-state index in [0.717, 1.165) is 43.2 Å². The largest absolute Gasteiger partial charge is 0.490 e. The fraction of sp³-hybridized carbons (Fsp3) is 0.632. The molecule has 5 nitrogen and oxygen atoms in total. The van der Waals surface area contributed by atoms with E-state index in [1.807, 2.05) is 36.4 Å². The molecule has 0 aliphatic carbocycles. The summed E-state index contributed by atoms with van der Waals surface area (Å²) in [5.74, 6) is 0.584. The SMILES string of the molecule is CCCCCCCCCCCCCCCCCC(=O)OCCOc1ccc(C2C(=O)Oc3cccc(CCCC)c32)cc1. The number of carbonyl (C=O) groups is 2. The van der Waals surface area contributed by atoms with Crippen LogP contribution in [0.5, 0.6) is 11.5 Å². The molecule has 1 unspecified atom stereocenters. The molecule has 0 aromatic heterocycles. The van der Waals surface area contributed by atoms with E-state index in [1.54, 1.807) is 0 Å². The smallest absolute Gasteiger partial charge is 0.323 e. The van der Waals surface area contributed by atoms with Crippen molar-refractivity contribution >= 4 is 11.9 Å². The van der Waals surface area contributed by atoms with Crippen LogP contribution in [0.2, 0.25) is 0 Å². The molecule has 3 rings (SSSR count). The summed E-state index contributed by atoms with van der Waals surface area (Å²) in [7, 11) is 0. The quantitative estimate of drug-likeness (QED) is 0.0689. The fourth-order valence-electron chi connectivity index (χ4n) is 5.96. The normalized spacial score (nSPS) is 14.0. The highest BCUT2D eigenvalue weighted by molar-refractivity contribution is 5.90. The number of hydrogen-bond donors (Lipinski definition) is 0. The zero-order valence-corrected chi connectivity index (χ0v) is 27.0. The Labute approximate surface area is 261 Å². The van der Waals surface area contributed by atoms with Gasteiger partial charge >= 0.3 is 11.9 Å². The van der Waals surface area contributed by atoms with E-state index in [2.05, 4.69) is 19.9 Å². The van der Waals surface area contributed by atoms with Gasteiger partial charge in [0.05, 0.1) is 0 Å². The van der Waals surface area contributed by atoms with E-state index in [1.165, 1.54) is 89.0 Å². The second-order valence-electron chi connectivity index (χ2n) is 12.1. The summed E-state index contributed by atoms with van der Waals surface area (Å²) >= 11 is 0. The highest BCUT2D eigenvalue weighted by Crippen LogP contribution is 2.42. The van der Waals surface area contributed by atoms with Crippen LogP contribution < -0.4 is 9.47 Å². The van der Waals surface area contributed by atoms with Crippen LogP contribution in [0.15, 0.2) is 42.5 Å². The number of aryl methyl sites for hydroxylation is 1. The van der Waals surface area contributed by atoms with Gasteiger partial charge in [0.2, 0.25) is 0 Å². The lowest BCUT2D eigenvalue weighted by molar-refractivity contribution is -0.144. The Balaban J connectivity index is 1.21. The van der Waals surface area contributed by atoms with Gasteiger partial charge in [-0.2, -0.15) is 0 Å². The maximum atomic E-state index is 12.7. The predicted molar refractivity (Wildman–Crippen MR) is 175 cm³/mol. The summed E-state index contributed by atoms with van der Waals surface area (Å²) in [6.45, 7) is 4.99. The molecule has 2 aromatic carbocycles. The lowest BCUT2D eigenvalue weighted by Crippen LogP contribution is -2.13. The first-order valence-corrected chi connectivity index (χ1v) is 17.4. The van der Waals surface area contributed by atoms with Crippen LogP contribution >= 0.6 is 0 Å². The number of hydrogen-bond acceptors (Lipinski definition) is 5. The summed E-state index contributed by atoms with van der Waals surface area (Å²) in [6.07, 6.45) is 23.3. The lowest BCUT2D eigenvalue weighted by atomic mass is 9.87. The van der Waals surface area contributed by atoms with E-state index in [9.17, 15) is 9.59 Å². The number of benzene rings is 2. The van der Waals surface area contributed by atoms with E-state index in [-0.39, 0.29) is 18.5 Å². The Hall–Kier alpha value is -2.82. The zero-order chi connectivity index (χ0) is 30.5. The molecular formula is C38H56O5. The van der Waals surface area contributed by atoms with Crippen molar-refractivity contribution in [2.24, 2.45) is 0 Å². The van der Waals surface area contributed by atoms with Crippen molar-refractivity contribution in [2.75, 3.05) is 13.2 Å². The molecule has 2 aromatic rings. The molecule has 1 aliphatic rings. The van der Waals surface area contributed by atoms with Crippen LogP contribution in [-0.2, 0) is 20.7 Å². The fourth-order valence-corrected chi connectivity index (χ4v) is 5.96. The highest BCUT2D eigenvalue weighted by Gasteiger charge is 2.36. The van der Waals surface area contributed by atoms with Gasteiger partial charge in [-0.3, -0.25) is 9.59 Å². The topological polar surface area (TPSA) is 61.8 Å². The van der Waals surface area contributed by atoms with Crippen molar-refractivity contribution in [3.8, 4) is 11.5 Å². The third-order valence-electron chi connectivity index (χ3n) is 8.50. The molecule has 0 N–H and O–H groups in total. The van der Waals surface area contributed by atoms with Gasteiger partial charge in [-0.15, -0.1) is 0 Å². The summed E-state index contributed by atoms with van der Waals surface area (Å²) in [6, 6.07) is 13.5. The van der Waals surface area contributed by atoms with Gasteiger partial charge in [-0.25, -0.2) is 0 Å². The van der Waals surface area contributed by atoms with Gasteiger partial charge in [0.1, 0.15) is 30.6 Å². The lowest BCUT2D eigenvalue weighted by Gasteiger charge is -2.13. The van der Waals surface area contributed by atoms with E-state index < -0.39 is 5.92 Å². The van der Waals surface area contributed by atoms with Crippen LogP contribution in [-0.4, -0.2) is 25.2 Å². The average Bonchev–Trinajstić information content (AvgIpc) is 3.36. The standard InChI is InChI=1S/C38H56O5/c1-3-5-7-8-9-10-11-12-13-14-15-16-17-18-19-24-35(39)42-30-29-41-33-27-25-32(26-28-33)37-36-31(21-6-4-2)22-20-23-34(36)43-38(37)40/h20,22-23,25-28,37H,3-19,21,24,29-30H2,1-2H3. The minimum Gasteiger partial charge on any atom is -0.490 e. The molecule has 0 amide bonds. The molecule has 0 spiro atoms. The Morgan fingerprint density at radius 1 is 0.698 bits per heavy atom. The molecule has 5 heteroatoms. The summed E-state index contributed by atoms with van der Waals surface area (Å²) in [4.78, 5) is 24.8. The summed E-state index contributed by atoms with van der Waals surface area (Å²) in [5.41, 5.74) is 3.08. The molecule has 0 saturated heterocycles. The first-order chi connectivity index (χ1) is 21.1. The van der Waals surface area contributed by atoms with Crippen LogP contribution in [0.4, 0.5) is 0 Å². The number of ether oxygens (including phenoxy) is 3. The van der Waals surface area contributed by atoms with Gasteiger partial charge < -0.3 is 14.2 Å². The second kappa shape index (κ2) is 21.0. The average molecular weight is 593 g/mol. The first-order valence-electron chi connectivity index (χ1n) is 17.4. The van der Waals surface area contributed by atoms with E-state index in [4.69, 9.17) is 14.2 Å². The Morgan fingerprint density at radius 3 is 1.88 bits per heavy atom. The van der Waals surface area contributed by atoms with E-state index in [0.29, 0.717) is 24.5 Å². The first kappa shape index (κ1) is 34.7. The van der Waals surface area contributed by atoms with Gasteiger partial charge in [0.15, 0.2) is 0 Å². The molecule has 1 heterocycles. The maximum Gasteiger partial charge on any atom is 0.323 e. The maximum absolute atomic E-state index is 12.7. The van der Waals surface area contributed by atoms with Gasteiger partial charge in [0, 0.05) is 12.0 Å². The van der Waals surface area contributed by atoms with Gasteiger partial charge in [-0.1, -0.05) is 134 Å². The Morgan fingerprint density at radius 2 is 1.28 bits per heavy atom. The van der Waals surface area contributed by atoms with Crippen molar-refractivity contribution in [1.82, 2.24) is 0 Å². The molecule has 0 fully saturated rings. The van der Waals surface area contributed by atoms with Crippen molar-refractivity contribution in [3.05, 3.63) is 59.2 Å². The van der Waals surface area contributed by atoms with Crippen LogP contribution in [0.25, 0.3) is 0 Å². The molecule has 0 radical (unpaired) electrons. The number of esters is 2. The van der Waals surface area contributed by atoms with Gasteiger partial charge in [-0.05, 0) is 48.6 Å². The molecule has 0 bridgehead atoms. The molecular weight excluding hydrogens is 536 g/mol. The molecule has 238 valence electrons.